The lowest BCUT2D eigenvalue weighted by atomic mass is 10.1. The van der Waals surface area contributed by atoms with Crippen LogP contribution in [0.5, 0.6) is 5.75 Å². The largest absolute Gasteiger partial charge is 0.496 e. The molecule has 0 bridgehead atoms. The van der Waals surface area contributed by atoms with E-state index in [0.717, 1.165) is 18.5 Å². The number of carbonyl (C=O) groups is 2. The summed E-state index contributed by atoms with van der Waals surface area (Å²) in [5, 5.41) is 1.19. The maximum absolute atomic E-state index is 13.3. The Hall–Kier alpha value is -3.13. The van der Waals surface area contributed by atoms with Crippen molar-refractivity contribution >= 4 is 34.4 Å². The number of hydrogen-bond donors (Lipinski definition) is 0. The second-order valence-corrected chi connectivity index (χ2v) is 9.02. The third kappa shape index (κ3) is 5.11. The van der Waals surface area contributed by atoms with Gasteiger partial charge in [0.05, 0.1) is 18.0 Å². The maximum atomic E-state index is 13.3. The molecular formula is C25H27N3O4S. The van der Waals surface area contributed by atoms with Crippen molar-refractivity contribution in [3.05, 3.63) is 63.9 Å². The van der Waals surface area contributed by atoms with Crippen molar-refractivity contribution in [1.29, 1.82) is 0 Å². The van der Waals surface area contributed by atoms with Gasteiger partial charge in [-0.2, -0.15) is 0 Å². The lowest BCUT2D eigenvalue weighted by molar-refractivity contribution is -0.127. The number of likely N-dealkylation sites (tertiary alicyclic amines) is 1. The first kappa shape index (κ1) is 23.0. The fourth-order valence-corrected chi connectivity index (χ4v) is 5.07. The minimum atomic E-state index is -0.0831. The molecule has 1 aliphatic rings. The van der Waals surface area contributed by atoms with E-state index < -0.39 is 0 Å². The monoisotopic (exact) mass is 465 g/mol. The van der Waals surface area contributed by atoms with E-state index in [0.29, 0.717) is 59.1 Å². The van der Waals surface area contributed by atoms with Crippen LogP contribution in [0.4, 0.5) is 0 Å². The molecule has 0 saturated carbocycles. The summed E-state index contributed by atoms with van der Waals surface area (Å²) in [5.41, 5.74) is 2.05. The van der Waals surface area contributed by atoms with Crippen LogP contribution in [-0.2, 0) is 17.1 Å². The summed E-state index contributed by atoms with van der Waals surface area (Å²) < 4.78 is 7.18. The third-order valence-corrected chi connectivity index (χ3v) is 6.88. The first-order valence-electron chi connectivity index (χ1n) is 11.1. The molecule has 172 valence electrons. The lowest BCUT2D eigenvalue weighted by Gasteiger charge is -2.17. The Balaban J connectivity index is 1.61. The van der Waals surface area contributed by atoms with Crippen LogP contribution in [0.25, 0.3) is 10.9 Å². The van der Waals surface area contributed by atoms with Crippen molar-refractivity contribution < 1.29 is 14.3 Å². The summed E-state index contributed by atoms with van der Waals surface area (Å²) in [6.45, 7) is 3.44. The number of methoxy groups -OCH3 is 1. The number of carbonyl (C=O) groups excluding carboxylic acids is 2. The molecule has 2 aromatic carbocycles. The predicted molar refractivity (Wildman–Crippen MR) is 129 cm³/mol. The molecule has 1 aromatic heterocycles. The molecule has 33 heavy (non-hydrogen) atoms. The molecule has 2 heterocycles. The second kappa shape index (κ2) is 10.2. The van der Waals surface area contributed by atoms with E-state index in [1.54, 1.807) is 29.9 Å². The smallest absolute Gasteiger partial charge is 0.262 e. The summed E-state index contributed by atoms with van der Waals surface area (Å²) in [5.74, 6) is 1.36. The van der Waals surface area contributed by atoms with Gasteiger partial charge in [-0.25, -0.2) is 4.98 Å². The van der Waals surface area contributed by atoms with Crippen LogP contribution in [0.15, 0.2) is 52.4 Å². The number of thioether (sulfide) groups is 1. The third-order valence-electron chi connectivity index (χ3n) is 5.85. The van der Waals surface area contributed by atoms with Crippen molar-refractivity contribution in [2.75, 3.05) is 20.2 Å². The van der Waals surface area contributed by atoms with Crippen LogP contribution in [0.1, 0.15) is 42.1 Å². The van der Waals surface area contributed by atoms with Gasteiger partial charge in [-0.3, -0.25) is 19.0 Å². The molecule has 8 heteroatoms. The number of fused-ring (bicyclic) bond motifs is 1. The number of amides is 1. The number of hydrogen-bond acceptors (Lipinski definition) is 6. The Kier molecular flexibility index (Phi) is 7.13. The minimum Gasteiger partial charge on any atom is -0.496 e. The normalized spacial score (nSPS) is 13.6. The minimum absolute atomic E-state index is 0.0129. The van der Waals surface area contributed by atoms with Gasteiger partial charge >= 0.3 is 0 Å². The van der Waals surface area contributed by atoms with E-state index in [4.69, 9.17) is 9.72 Å². The summed E-state index contributed by atoms with van der Waals surface area (Å²) in [7, 11) is 1.60. The highest BCUT2D eigenvalue weighted by Crippen LogP contribution is 2.29. The first-order valence-corrected chi connectivity index (χ1v) is 12.0. The highest BCUT2D eigenvalue weighted by Gasteiger charge is 2.20. The number of Topliss-reactive ketones (excluding diaryl/α,β-unsaturated/α-hetero) is 1. The molecule has 4 rings (SSSR count). The van der Waals surface area contributed by atoms with Crippen molar-refractivity contribution in [3.63, 3.8) is 0 Å². The molecule has 0 atom stereocenters. The van der Waals surface area contributed by atoms with Crippen LogP contribution >= 0.6 is 11.8 Å². The highest BCUT2D eigenvalue weighted by atomic mass is 32.2. The Labute approximate surface area is 196 Å². The average molecular weight is 466 g/mol. The number of ketones is 1. The quantitative estimate of drug-likeness (QED) is 0.271. The Morgan fingerprint density at radius 3 is 2.70 bits per heavy atom. The van der Waals surface area contributed by atoms with E-state index in [1.165, 1.54) is 18.7 Å². The number of nitrogens with zero attached hydrogens (tertiary/aromatic N) is 3. The van der Waals surface area contributed by atoms with Gasteiger partial charge in [-0.05, 0) is 50.1 Å². The predicted octanol–water partition coefficient (Wildman–Crippen LogP) is 3.91. The van der Waals surface area contributed by atoms with Gasteiger partial charge in [0.25, 0.3) is 5.56 Å². The molecule has 3 aromatic rings. The topological polar surface area (TPSA) is 81.5 Å². The van der Waals surface area contributed by atoms with Crippen molar-refractivity contribution in [2.24, 2.45) is 0 Å². The molecular weight excluding hydrogens is 438 g/mol. The molecule has 0 spiro atoms. The molecule has 0 aliphatic carbocycles. The SMILES string of the molecule is COc1ccc(C(C)=O)cc1CSc1nc2ccccc2c(=O)n1CCCN1CCCC1=O. The average Bonchev–Trinajstić information content (AvgIpc) is 3.23. The standard InChI is InChI=1S/C25H27N3O4S/c1-17(29)18-10-11-22(32-2)19(15-18)16-33-25-26-21-8-4-3-7-20(21)24(31)28(25)14-6-13-27-12-5-9-23(27)30/h3-4,7-8,10-11,15H,5-6,9,12-14,16H2,1-2H3. The summed E-state index contributed by atoms with van der Waals surface area (Å²) in [4.78, 5) is 43.7. The molecule has 1 fully saturated rings. The molecule has 1 saturated heterocycles. The van der Waals surface area contributed by atoms with E-state index in [-0.39, 0.29) is 17.2 Å². The van der Waals surface area contributed by atoms with E-state index in [1.807, 2.05) is 29.2 Å². The zero-order valence-electron chi connectivity index (χ0n) is 18.9. The van der Waals surface area contributed by atoms with Gasteiger partial charge in [0, 0.05) is 42.9 Å². The van der Waals surface area contributed by atoms with Gasteiger partial charge in [0.1, 0.15) is 5.75 Å². The second-order valence-electron chi connectivity index (χ2n) is 8.08. The first-order chi connectivity index (χ1) is 16.0. The molecule has 7 nitrogen and oxygen atoms in total. The van der Waals surface area contributed by atoms with Gasteiger partial charge in [-0.1, -0.05) is 23.9 Å². The highest BCUT2D eigenvalue weighted by molar-refractivity contribution is 7.98. The number of aromatic nitrogens is 2. The fourth-order valence-electron chi connectivity index (χ4n) is 4.07. The van der Waals surface area contributed by atoms with E-state index in [2.05, 4.69) is 0 Å². The Morgan fingerprint density at radius 1 is 1.15 bits per heavy atom. The number of benzene rings is 2. The molecule has 1 amide bonds. The van der Waals surface area contributed by atoms with Crippen LogP contribution in [0, 0.1) is 0 Å². The fraction of sp³-hybridized carbons (Fsp3) is 0.360. The van der Waals surface area contributed by atoms with E-state index in [9.17, 15) is 14.4 Å². The summed E-state index contributed by atoms with van der Waals surface area (Å²) >= 11 is 1.44. The number of rotatable bonds is 9. The van der Waals surface area contributed by atoms with Crippen LogP contribution < -0.4 is 10.3 Å². The van der Waals surface area contributed by atoms with Gasteiger partial charge in [-0.15, -0.1) is 0 Å². The summed E-state index contributed by atoms with van der Waals surface area (Å²) in [6, 6.07) is 12.7. The number of para-hydroxylation sites is 1. The van der Waals surface area contributed by atoms with Gasteiger partial charge < -0.3 is 9.64 Å². The van der Waals surface area contributed by atoms with Gasteiger partial charge in [0.15, 0.2) is 10.9 Å². The van der Waals surface area contributed by atoms with Crippen molar-refractivity contribution in [2.45, 2.75) is 43.6 Å². The molecule has 0 N–H and O–H groups in total. The van der Waals surface area contributed by atoms with Crippen LogP contribution in [0.2, 0.25) is 0 Å². The van der Waals surface area contributed by atoms with E-state index >= 15 is 0 Å². The Bertz CT molecular complexity index is 1250. The maximum Gasteiger partial charge on any atom is 0.262 e. The summed E-state index contributed by atoms with van der Waals surface area (Å²) in [6.07, 6.45) is 2.20. The zero-order chi connectivity index (χ0) is 23.4. The Morgan fingerprint density at radius 2 is 1.97 bits per heavy atom. The van der Waals surface area contributed by atoms with Crippen molar-refractivity contribution in [1.82, 2.24) is 14.5 Å². The number of ether oxygens (including phenoxy) is 1. The van der Waals surface area contributed by atoms with Crippen LogP contribution in [0.3, 0.4) is 0 Å². The molecule has 1 aliphatic heterocycles. The molecule has 0 unspecified atom stereocenters. The lowest BCUT2D eigenvalue weighted by Crippen LogP contribution is -2.29. The van der Waals surface area contributed by atoms with Gasteiger partial charge in [0.2, 0.25) is 5.91 Å². The zero-order valence-corrected chi connectivity index (χ0v) is 19.7. The van der Waals surface area contributed by atoms with Crippen LogP contribution in [-0.4, -0.2) is 46.3 Å². The van der Waals surface area contributed by atoms with Crippen molar-refractivity contribution in [3.8, 4) is 5.75 Å². The molecule has 0 radical (unpaired) electrons.